The lowest BCUT2D eigenvalue weighted by molar-refractivity contribution is -0.385. The third-order valence-electron chi connectivity index (χ3n) is 2.63. The van der Waals surface area contributed by atoms with E-state index in [9.17, 15) is 18.5 Å². The minimum absolute atomic E-state index is 0.0179. The molecule has 8 heteroatoms. The molecule has 2 N–H and O–H groups in total. The van der Waals surface area contributed by atoms with Gasteiger partial charge >= 0.3 is 0 Å². The number of rotatable bonds is 6. The average Bonchev–Trinajstić information content (AvgIpc) is 2.30. The molecule has 0 aliphatic carbocycles. The van der Waals surface area contributed by atoms with Gasteiger partial charge in [0.1, 0.15) is 0 Å². The van der Waals surface area contributed by atoms with E-state index in [4.69, 9.17) is 0 Å². The van der Waals surface area contributed by atoms with E-state index in [-0.39, 0.29) is 11.4 Å². The zero-order chi connectivity index (χ0) is 14.6. The maximum atomic E-state index is 11.8. The Morgan fingerprint density at radius 2 is 1.89 bits per heavy atom. The summed E-state index contributed by atoms with van der Waals surface area (Å²) in [6.45, 7) is 3.53. The Labute approximate surface area is 112 Å². The van der Waals surface area contributed by atoms with Gasteiger partial charge in [0.2, 0.25) is 10.0 Å². The number of hydrogen-bond acceptors (Lipinski definition) is 5. The monoisotopic (exact) mass is 287 g/mol. The highest BCUT2D eigenvalue weighted by Gasteiger charge is 2.16. The first kappa shape index (κ1) is 15.4. The summed E-state index contributed by atoms with van der Waals surface area (Å²) >= 11 is 0. The number of sulfonamides is 1. The molecule has 0 aliphatic heterocycles. The highest BCUT2D eigenvalue weighted by Crippen LogP contribution is 2.26. The predicted octanol–water partition coefficient (Wildman–Crippen LogP) is 1.17. The fourth-order valence-electron chi connectivity index (χ4n) is 1.56. The molecule has 0 spiro atoms. The number of nitrogens with one attached hydrogen (secondary N) is 2. The summed E-state index contributed by atoms with van der Waals surface area (Å²) in [5.41, 5.74) is 1.29. The second kappa shape index (κ2) is 5.98. The van der Waals surface area contributed by atoms with Crippen LogP contribution in [0.1, 0.15) is 11.1 Å². The maximum absolute atomic E-state index is 11.8. The van der Waals surface area contributed by atoms with E-state index in [1.54, 1.807) is 20.9 Å². The Balaban J connectivity index is 3.03. The minimum atomic E-state index is -3.45. The van der Waals surface area contributed by atoms with E-state index in [1.165, 1.54) is 12.1 Å². The molecular weight excluding hydrogens is 270 g/mol. The number of benzene rings is 1. The van der Waals surface area contributed by atoms with Crippen molar-refractivity contribution in [1.82, 2.24) is 5.32 Å². The van der Waals surface area contributed by atoms with Gasteiger partial charge in [0.25, 0.3) is 5.69 Å². The molecule has 106 valence electrons. The molecule has 0 radical (unpaired) electrons. The van der Waals surface area contributed by atoms with E-state index in [1.807, 2.05) is 0 Å². The largest absolute Gasteiger partial charge is 0.319 e. The van der Waals surface area contributed by atoms with Crippen LogP contribution in [0.2, 0.25) is 0 Å². The molecule has 1 rings (SSSR count). The Bertz CT molecular complexity index is 584. The lowest BCUT2D eigenvalue weighted by Crippen LogP contribution is -2.24. The lowest BCUT2D eigenvalue weighted by atomic mass is 10.1. The molecule has 0 atom stereocenters. The van der Waals surface area contributed by atoms with Crippen molar-refractivity contribution >= 4 is 21.4 Å². The molecule has 0 unspecified atom stereocenters. The Morgan fingerprint density at radius 3 is 2.42 bits per heavy atom. The first-order valence-electron chi connectivity index (χ1n) is 5.67. The van der Waals surface area contributed by atoms with Crippen LogP contribution >= 0.6 is 0 Å². The summed E-state index contributed by atoms with van der Waals surface area (Å²) in [6, 6.07) is 2.84. The van der Waals surface area contributed by atoms with Gasteiger partial charge in [0.05, 0.1) is 16.4 Å². The molecule has 0 amide bonds. The summed E-state index contributed by atoms with van der Waals surface area (Å²) in [5, 5.41) is 13.5. The standard InChI is InChI=1S/C11H17N3O4S/c1-8-7-11(14(15)16)9(2)6-10(8)13-19(17,18)5-4-12-3/h6-7,12-13H,4-5H2,1-3H3. The lowest BCUT2D eigenvalue weighted by Gasteiger charge is -2.11. The van der Waals surface area contributed by atoms with Crippen LogP contribution in [0.3, 0.4) is 0 Å². The molecule has 0 bridgehead atoms. The molecule has 0 aliphatic rings. The van der Waals surface area contributed by atoms with Gasteiger partial charge in [-0.25, -0.2) is 8.42 Å². The fourth-order valence-corrected chi connectivity index (χ4v) is 2.69. The first-order valence-corrected chi connectivity index (χ1v) is 7.33. The van der Waals surface area contributed by atoms with Crippen LogP contribution in [0.25, 0.3) is 0 Å². The third-order valence-corrected chi connectivity index (χ3v) is 3.90. The topological polar surface area (TPSA) is 101 Å². The van der Waals surface area contributed by atoms with Gasteiger partial charge in [-0.3, -0.25) is 14.8 Å². The van der Waals surface area contributed by atoms with Crippen LogP contribution in [0.4, 0.5) is 11.4 Å². The van der Waals surface area contributed by atoms with E-state index in [0.717, 1.165) is 0 Å². The van der Waals surface area contributed by atoms with Gasteiger partial charge < -0.3 is 5.32 Å². The van der Waals surface area contributed by atoms with Gasteiger partial charge in [0, 0.05) is 18.2 Å². The summed E-state index contributed by atoms with van der Waals surface area (Å²) in [6.07, 6.45) is 0. The molecule has 0 saturated carbocycles. The van der Waals surface area contributed by atoms with Crippen LogP contribution in [0.15, 0.2) is 12.1 Å². The van der Waals surface area contributed by atoms with Crippen molar-refractivity contribution in [2.24, 2.45) is 0 Å². The van der Waals surface area contributed by atoms with Crippen molar-refractivity contribution in [1.29, 1.82) is 0 Å². The summed E-state index contributed by atoms with van der Waals surface area (Å²) < 4.78 is 26.0. The van der Waals surface area contributed by atoms with Crippen molar-refractivity contribution in [2.45, 2.75) is 13.8 Å². The number of nitrogens with zero attached hydrogens (tertiary/aromatic N) is 1. The molecule has 0 fully saturated rings. The predicted molar refractivity (Wildman–Crippen MR) is 73.9 cm³/mol. The van der Waals surface area contributed by atoms with E-state index < -0.39 is 14.9 Å². The fraction of sp³-hybridized carbons (Fsp3) is 0.455. The SMILES string of the molecule is CNCCS(=O)(=O)Nc1cc(C)c([N+](=O)[O-])cc1C. The third kappa shape index (κ3) is 4.18. The molecule has 0 heterocycles. The van der Waals surface area contributed by atoms with Gasteiger partial charge in [-0.1, -0.05) is 0 Å². The number of hydrogen-bond donors (Lipinski definition) is 2. The first-order chi connectivity index (χ1) is 8.76. The molecule has 1 aromatic carbocycles. The summed E-state index contributed by atoms with van der Waals surface area (Å²) in [5.74, 6) is -0.0566. The van der Waals surface area contributed by atoms with E-state index >= 15 is 0 Å². The van der Waals surface area contributed by atoms with Crippen molar-refractivity contribution in [3.05, 3.63) is 33.4 Å². The number of nitro groups is 1. The molecule has 7 nitrogen and oxygen atoms in total. The Morgan fingerprint density at radius 1 is 1.26 bits per heavy atom. The zero-order valence-electron chi connectivity index (χ0n) is 11.1. The van der Waals surface area contributed by atoms with Crippen LogP contribution in [-0.4, -0.2) is 32.7 Å². The highest BCUT2D eigenvalue weighted by atomic mass is 32.2. The Hall–Kier alpha value is -1.67. The maximum Gasteiger partial charge on any atom is 0.272 e. The average molecular weight is 287 g/mol. The zero-order valence-corrected chi connectivity index (χ0v) is 11.9. The quantitative estimate of drug-likeness (QED) is 0.604. The minimum Gasteiger partial charge on any atom is -0.319 e. The molecule has 0 saturated heterocycles. The molecule has 19 heavy (non-hydrogen) atoms. The van der Waals surface area contributed by atoms with E-state index in [2.05, 4.69) is 10.0 Å². The van der Waals surface area contributed by atoms with Crippen LogP contribution in [0, 0.1) is 24.0 Å². The molecule has 0 aromatic heterocycles. The molecular formula is C11H17N3O4S. The van der Waals surface area contributed by atoms with Gasteiger partial charge in [0.15, 0.2) is 0 Å². The number of aryl methyl sites for hydroxylation is 2. The van der Waals surface area contributed by atoms with Crippen molar-refractivity contribution in [2.75, 3.05) is 24.1 Å². The summed E-state index contributed by atoms with van der Waals surface area (Å²) in [4.78, 5) is 10.3. The van der Waals surface area contributed by atoms with Crippen LogP contribution in [-0.2, 0) is 10.0 Å². The Kier molecular flexibility index (Phi) is 4.84. The number of nitro benzene ring substituents is 1. The summed E-state index contributed by atoms with van der Waals surface area (Å²) in [7, 11) is -1.79. The normalized spacial score (nSPS) is 11.3. The van der Waals surface area contributed by atoms with Crippen molar-refractivity contribution < 1.29 is 13.3 Å². The second-order valence-corrected chi connectivity index (χ2v) is 6.08. The number of anilines is 1. The molecule has 1 aromatic rings. The highest BCUT2D eigenvalue weighted by molar-refractivity contribution is 7.92. The second-order valence-electron chi connectivity index (χ2n) is 4.24. The van der Waals surface area contributed by atoms with Crippen LogP contribution < -0.4 is 10.0 Å². The van der Waals surface area contributed by atoms with E-state index in [0.29, 0.717) is 23.4 Å². The van der Waals surface area contributed by atoms with Gasteiger partial charge in [-0.2, -0.15) is 0 Å². The van der Waals surface area contributed by atoms with Crippen LogP contribution in [0.5, 0.6) is 0 Å². The smallest absolute Gasteiger partial charge is 0.272 e. The van der Waals surface area contributed by atoms with Crippen molar-refractivity contribution in [3.8, 4) is 0 Å². The van der Waals surface area contributed by atoms with Crippen molar-refractivity contribution in [3.63, 3.8) is 0 Å². The van der Waals surface area contributed by atoms with Gasteiger partial charge in [-0.15, -0.1) is 0 Å². The van der Waals surface area contributed by atoms with Gasteiger partial charge in [-0.05, 0) is 32.5 Å².